The van der Waals surface area contributed by atoms with Gasteiger partial charge in [0.05, 0.1) is 21.2 Å². The summed E-state index contributed by atoms with van der Waals surface area (Å²) in [7, 11) is 0. The maximum Gasteiger partial charge on any atom is 0.344 e. The lowest BCUT2D eigenvalue weighted by Gasteiger charge is -2.11. The minimum Gasteiger partial charge on any atom is -0.480 e. The first-order valence-corrected chi connectivity index (χ1v) is 9.89. The van der Waals surface area contributed by atoms with Gasteiger partial charge in [-0.05, 0) is 74.7 Å². The zero-order valence-electron chi connectivity index (χ0n) is 15.2. The molecule has 0 aliphatic carbocycles. The number of amides is 1. The van der Waals surface area contributed by atoms with Crippen LogP contribution >= 0.6 is 31.9 Å². The predicted octanol–water partition coefficient (Wildman–Crippen LogP) is 4.84. The summed E-state index contributed by atoms with van der Waals surface area (Å²) in [5, 5.41) is 11.7. The molecule has 2 aromatic carbocycles. The Hall–Kier alpha value is -2.70. The van der Waals surface area contributed by atoms with E-state index in [2.05, 4.69) is 37.2 Å². The number of halogens is 3. The predicted molar refractivity (Wildman–Crippen MR) is 113 cm³/mol. The van der Waals surface area contributed by atoms with E-state index in [-0.39, 0.29) is 24.5 Å². The van der Waals surface area contributed by atoms with Crippen molar-refractivity contribution in [3.05, 3.63) is 62.3 Å². The number of nitrogens with one attached hydrogen (secondary N) is 1. The SMILES string of the molecule is CCOC(=O)COc1c(Br)cc(/C=C(/C#N)C(=O)Nc2ccccc2F)cc1Br. The van der Waals surface area contributed by atoms with E-state index < -0.39 is 17.7 Å². The molecule has 0 aromatic heterocycles. The van der Waals surface area contributed by atoms with Gasteiger partial charge in [0.2, 0.25) is 0 Å². The average Bonchev–Trinajstić information content (AvgIpc) is 2.67. The summed E-state index contributed by atoms with van der Waals surface area (Å²) >= 11 is 6.66. The molecular formula is C20H15Br2FN2O4. The van der Waals surface area contributed by atoms with E-state index >= 15 is 0 Å². The zero-order valence-corrected chi connectivity index (χ0v) is 18.3. The van der Waals surface area contributed by atoms with Crippen molar-refractivity contribution in [1.29, 1.82) is 5.26 Å². The molecule has 0 heterocycles. The van der Waals surface area contributed by atoms with Crippen LogP contribution in [0.1, 0.15) is 12.5 Å². The fourth-order valence-electron chi connectivity index (χ4n) is 2.20. The van der Waals surface area contributed by atoms with Crippen molar-refractivity contribution in [2.75, 3.05) is 18.5 Å². The number of esters is 1. The lowest BCUT2D eigenvalue weighted by molar-refractivity contribution is -0.145. The van der Waals surface area contributed by atoms with Crippen LogP contribution in [-0.4, -0.2) is 25.1 Å². The van der Waals surface area contributed by atoms with Gasteiger partial charge in [0, 0.05) is 0 Å². The number of nitriles is 1. The number of hydrogen-bond acceptors (Lipinski definition) is 5. The number of para-hydroxylation sites is 1. The van der Waals surface area contributed by atoms with Crippen molar-refractivity contribution < 1.29 is 23.5 Å². The van der Waals surface area contributed by atoms with Gasteiger partial charge in [-0.1, -0.05) is 12.1 Å². The number of rotatable bonds is 7. The van der Waals surface area contributed by atoms with Gasteiger partial charge in [0.25, 0.3) is 5.91 Å². The van der Waals surface area contributed by atoms with Crippen molar-refractivity contribution >= 4 is 55.5 Å². The molecule has 1 N–H and O–H groups in total. The minimum atomic E-state index is -0.743. The van der Waals surface area contributed by atoms with Gasteiger partial charge in [-0.3, -0.25) is 4.79 Å². The third-order valence-electron chi connectivity index (χ3n) is 3.46. The fourth-order valence-corrected chi connectivity index (χ4v) is 3.65. The Labute approximate surface area is 183 Å². The van der Waals surface area contributed by atoms with Crippen molar-refractivity contribution in [2.24, 2.45) is 0 Å². The van der Waals surface area contributed by atoms with Gasteiger partial charge < -0.3 is 14.8 Å². The molecule has 0 saturated carbocycles. The van der Waals surface area contributed by atoms with E-state index in [1.807, 2.05) is 0 Å². The van der Waals surface area contributed by atoms with Crippen LogP contribution in [0.2, 0.25) is 0 Å². The number of hydrogen-bond donors (Lipinski definition) is 1. The van der Waals surface area contributed by atoms with Crippen LogP contribution < -0.4 is 10.1 Å². The van der Waals surface area contributed by atoms with Gasteiger partial charge in [-0.2, -0.15) is 5.26 Å². The van der Waals surface area contributed by atoms with E-state index in [0.29, 0.717) is 20.3 Å². The van der Waals surface area contributed by atoms with Gasteiger partial charge in [-0.15, -0.1) is 0 Å². The zero-order chi connectivity index (χ0) is 21.4. The molecule has 0 aliphatic heterocycles. The Balaban J connectivity index is 2.21. The highest BCUT2D eigenvalue weighted by Crippen LogP contribution is 2.35. The third-order valence-corrected chi connectivity index (χ3v) is 4.64. The van der Waals surface area contributed by atoms with Crippen molar-refractivity contribution in [3.63, 3.8) is 0 Å². The van der Waals surface area contributed by atoms with Crippen LogP contribution in [0.4, 0.5) is 10.1 Å². The summed E-state index contributed by atoms with van der Waals surface area (Å²) in [6.07, 6.45) is 1.35. The molecular weight excluding hydrogens is 511 g/mol. The van der Waals surface area contributed by atoms with Crippen LogP contribution in [0.15, 0.2) is 50.9 Å². The highest BCUT2D eigenvalue weighted by Gasteiger charge is 2.15. The normalized spacial score (nSPS) is 10.8. The lowest BCUT2D eigenvalue weighted by atomic mass is 10.1. The van der Waals surface area contributed by atoms with Gasteiger partial charge in [-0.25, -0.2) is 9.18 Å². The fraction of sp³-hybridized carbons (Fsp3) is 0.150. The topological polar surface area (TPSA) is 88.4 Å². The highest BCUT2D eigenvalue weighted by atomic mass is 79.9. The van der Waals surface area contributed by atoms with Crippen LogP contribution in [0, 0.1) is 17.1 Å². The van der Waals surface area contributed by atoms with E-state index in [0.717, 1.165) is 0 Å². The molecule has 0 radical (unpaired) electrons. The van der Waals surface area contributed by atoms with Crippen LogP contribution in [0.25, 0.3) is 6.08 Å². The smallest absolute Gasteiger partial charge is 0.344 e. The molecule has 9 heteroatoms. The second kappa shape index (κ2) is 10.7. The molecule has 1 amide bonds. The summed E-state index contributed by atoms with van der Waals surface area (Å²) in [5.74, 6) is -1.49. The molecule has 150 valence electrons. The second-order valence-corrected chi connectivity index (χ2v) is 7.22. The average molecular weight is 526 g/mol. The molecule has 2 aromatic rings. The number of carbonyl (C=O) groups excluding carboxylic acids is 2. The summed E-state index contributed by atoms with van der Waals surface area (Å²) in [5.41, 5.74) is 0.267. The first-order chi connectivity index (χ1) is 13.8. The van der Waals surface area contributed by atoms with Gasteiger partial charge in [0.15, 0.2) is 6.61 Å². The number of carbonyl (C=O) groups is 2. The number of ether oxygens (including phenoxy) is 2. The molecule has 0 saturated heterocycles. The summed E-state index contributed by atoms with van der Waals surface area (Å²) < 4.78 is 24.9. The Bertz CT molecular complexity index is 979. The molecule has 0 bridgehead atoms. The molecule has 29 heavy (non-hydrogen) atoms. The van der Waals surface area contributed by atoms with Crippen molar-refractivity contribution in [3.8, 4) is 11.8 Å². The van der Waals surface area contributed by atoms with Crippen LogP contribution in [-0.2, 0) is 14.3 Å². The third kappa shape index (κ3) is 6.41. The lowest BCUT2D eigenvalue weighted by Crippen LogP contribution is -2.15. The molecule has 2 rings (SSSR count). The van der Waals surface area contributed by atoms with Crippen molar-refractivity contribution in [2.45, 2.75) is 6.92 Å². The Kier molecular flexibility index (Phi) is 8.36. The highest BCUT2D eigenvalue weighted by molar-refractivity contribution is 9.11. The second-order valence-electron chi connectivity index (χ2n) is 5.51. The molecule has 0 fully saturated rings. The minimum absolute atomic E-state index is 0.0243. The Morgan fingerprint density at radius 3 is 2.48 bits per heavy atom. The van der Waals surface area contributed by atoms with E-state index in [9.17, 15) is 19.2 Å². The Morgan fingerprint density at radius 2 is 1.90 bits per heavy atom. The maximum absolute atomic E-state index is 13.7. The number of nitrogens with zero attached hydrogens (tertiary/aromatic N) is 1. The molecule has 6 nitrogen and oxygen atoms in total. The van der Waals surface area contributed by atoms with Crippen LogP contribution in [0.3, 0.4) is 0 Å². The van der Waals surface area contributed by atoms with E-state index in [1.54, 1.807) is 31.2 Å². The number of benzene rings is 2. The molecule has 0 aliphatic rings. The van der Waals surface area contributed by atoms with E-state index in [1.165, 1.54) is 24.3 Å². The van der Waals surface area contributed by atoms with E-state index in [4.69, 9.17) is 9.47 Å². The maximum atomic E-state index is 13.7. The summed E-state index contributed by atoms with van der Waals surface area (Å²) in [4.78, 5) is 23.8. The molecule has 0 atom stereocenters. The monoisotopic (exact) mass is 524 g/mol. The largest absolute Gasteiger partial charge is 0.480 e. The summed E-state index contributed by atoms with van der Waals surface area (Å²) in [6.45, 7) is 1.68. The number of anilines is 1. The quantitative estimate of drug-likeness (QED) is 0.317. The van der Waals surface area contributed by atoms with Crippen molar-refractivity contribution in [1.82, 2.24) is 0 Å². The van der Waals surface area contributed by atoms with Crippen LogP contribution in [0.5, 0.6) is 5.75 Å². The molecule has 0 unspecified atom stereocenters. The molecule has 0 spiro atoms. The van der Waals surface area contributed by atoms with Gasteiger partial charge in [0.1, 0.15) is 23.2 Å². The van der Waals surface area contributed by atoms with Gasteiger partial charge >= 0.3 is 5.97 Å². The first-order valence-electron chi connectivity index (χ1n) is 8.30. The Morgan fingerprint density at radius 1 is 1.24 bits per heavy atom. The standard InChI is InChI=1S/C20H15Br2FN2O4/c1-2-28-18(26)11-29-19-14(21)8-12(9-15(19)22)7-13(10-24)20(27)25-17-6-4-3-5-16(17)23/h3-9H,2,11H2,1H3,(H,25,27)/b13-7-. The first kappa shape index (κ1) is 22.6. The summed E-state index contributed by atoms with van der Waals surface area (Å²) in [6, 6.07) is 10.7.